The Morgan fingerprint density at radius 3 is 2.70 bits per heavy atom. The molecule has 5 rings (SSSR count). The molecule has 0 radical (unpaired) electrons. The number of thiazole rings is 1. The molecule has 0 unspecified atom stereocenters. The third-order valence-electron chi connectivity index (χ3n) is 4.51. The number of pyridine rings is 1. The number of benzene rings is 2. The fourth-order valence-corrected chi connectivity index (χ4v) is 5.07. The van der Waals surface area contributed by atoms with Crippen LogP contribution in [-0.2, 0) is 4.79 Å². The van der Waals surface area contributed by atoms with Crippen molar-refractivity contribution < 1.29 is 9.18 Å². The Labute approximate surface area is 179 Å². The number of nitrogens with one attached hydrogen (secondary N) is 1. The summed E-state index contributed by atoms with van der Waals surface area (Å²) in [5.74, 6) is -0.384. The van der Waals surface area contributed by atoms with Crippen molar-refractivity contribution in [3.05, 3.63) is 72.8 Å². The van der Waals surface area contributed by atoms with Crippen LogP contribution in [0.2, 0.25) is 0 Å². The van der Waals surface area contributed by atoms with Gasteiger partial charge in [-0.05, 0) is 53.6 Å². The van der Waals surface area contributed by atoms with Crippen LogP contribution in [0, 0.1) is 5.82 Å². The minimum atomic E-state index is -0.251. The van der Waals surface area contributed by atoms with E-state index in [0.29, 0.717) is 5.13 Å². The molecule has 5 nitrogen and oxygen atoms in total. The number of aromatic nitrogens is 3. The van der Waals surface area contributed by atoms with Crippen molar-refractivity contribution in [2.24, 2.45) is 0 Å². The van der Waals surface area contributed by atoms with Gasteiger partial charge in [0.15, 0.2) is 5.13 Å². The second-order valence-electron chi connectivity index (χ2n) is 6.68. The number of hydrogen-bond acceptors (Lipinski definition) is 5. The highest BCUT2D eigenvalue weighted by Crippen LogP contribution is 2.34. The van der Waals surface area contributed by atoms with Gasteiger partial charge in [0.05, 0.1) is 16.4 Å². The van der Waals surface area contributed by atoms with Crippen molar-refractivity contribution in [1.82, 2.24) is 14.4 Å². The quantitative estimate of drug-likeness (QED) is 0.385. The fourth-order valence-electron chi connectivity index (χ4n) is 3.14. The highest BCUT2D eigenvalue weighted by molar-refractivity contribution is 7.99. The van der Waals surface area contributed by atoms with Crippen LogP contribution in [0.1, 0.15) is 6.92 Å². The summed E-state index contributed by atoms with van der Waals surface area (Å²) in [4.78, 5) is 21.2. The monoisotopic (exact) mass is 434 g/mol. The average Bonchev–Trinajstić information content (AvgIpc) is 3.31. The van der Waals surface area contributed by atoms with Crippen molar-refractivity contribution in [3.63, 3.8) is 0 Å². The summed E-state index contributed by atoms with van der Waals surface area (Å²) in [5.41, 5.74) is 3.62. The second-order valence-corrected chi connectivity index (χ2v) is 8.81. The molecule has 3 aromatic heterocycles. The van der Waals surface area contributed by atoms with E-state index >= 15 is 0 Å². The minimum Gasteiger partial charge on any atom is -0.302 e. The predicted octanol–water partition coefficient (Wildman–Crippen LogP) is 5.86. The van der Waals surface area contributed by atoms with E-state index in [9.17, 15) is 9.18 Å². The maximum absolute atomic E-state index is 13.2. The van der Waals surface area contributed by atoms with Crippen molar-refractivity contribution in [2.75, 3.05) is 5.32 Å². The molecule has 2 aromatic carbocycles. The van der Waals surface area contributed by atoms with Crippen LogP contribution >= 0.6 is 23.1 Å². The third kappa shape index (κ3) is 3.67. The van der Waals surface area contributed by atoms with E-state index < -0.39 is 0 Å². The van der Waals surface area contributed by atoms with Crippen molar-refractivity contribution in [2.45, 2.75) is 16.8 Å². The van der Waals surface area contributed by atoms with Crippen molar-refractivity contribution in [3.8, 4) is 11.1 Å². The lowest BCUT2D eigenvalue weighted by molar-refractivity contribution is -0.114. The van der Waals surface area contributed by atoms with E-state index in [4.69, 9.17) is 0 Å². The smallest absolute Gasteiger partial charge is 0.223 e. The summed E-state index contributed by atoms with van der Waals surface area (Å²) in [6, 6.07) is 16.4. The number of rotatable bonds is 4. The Bertz CT molecular complexity index is 1390. The molecule has 1 amide bonds. The lowest BCUT2D eigenvalue weighted by atomic mass is 10.1. The highest BCUT2D eigenvalue weighted by Gasteiger charge is 2.10. The fraction of sp³-hybridized carbons (Fsp3) is 0.0455. The Kier molecular flexibility index (Phi) is 4.72. The first-order valence-corrected chi connectivity index (χ1v) is 10.8. The number of carbonyl (C=O) groups excluding carboxylic acids is 1. The van der Waals surface area contributed by atoms with Gasteiger partial charge in [0.2, 0.25) is 5.91 Å². The summed E-state index contributed by atoms with van der Waals surface area (Å²) in [7, 11) is 0. The molecule has 8 heteroatoms. The van der Waals surface area contributed by atoms with E-state index in [1.807, 2.05) is 41.1 Å². The number of imidazole rings is 1. The third-order valence-corrected chi connectivity index (χ3v) is 6.45. The van der Waals surface area contributed by atoms with Crippen LogP contribution < -0.4 is 5.32 Å². The standard InChI is InChI=1S/C22H15FN4OS2/c1-13(28)25-22-26-18-8-7-17(10-19(18)30-22)29-21-11-24-20-9-4-15(12-27(20)21)14-2-5-16(23)6-3-14/h2-12H,1H3,(H,25,26,28). The van der Waals surface area contributed by atoms with Crippen LogP contribution in [0.25, 0.3) is 27.0 Å². The molecule has 3 heterocycles. The highest BCUT2D eigenvalue weighted by atomic mass is 32.2. The predicted molar refractivity (Wildman–Crippen MR) is 119 cm³/mol. The van der Waals surface area contributed by atoms with Gasteiger partial charge in [0.25, 0.3) is 0 Å². The summed E-state index contributed by atoms with van der Waals surface area (Å²) in [5, 5.41) is 4.30. The first-order chi connectivity index (χ1) is 14.5. The number of halogens is 1. The topological polar surface area (TPSA) is 59.3 Å². The van der Waals surface area contributed by atoms with Crippen molar-refractivity contribution >= 4 is 50.0 Å². The number of fused-ring (bicyclic) bond motifs is 2. The second kappa shape index (κ2) is 7.55. The van der Waals surface area contributed by atoms with E-state index in [2.05, 4.69) is 21.4 Å². The molecule has 0 spiro atoms. The molecule has 0 fully saturated rings. The Morgan fingerprint density at radius 2 is 1.90 bits per heavy atom. The molecular formula is C22H15FN4OS2. The Morgan fingerprint density at radius 1 is 1.10 bits per heavy atom. The first-order valence-electron chi connectivity index (χ1n) is 9.14. The Balaban J connectivity index is 1.48. The molecule has 0 saturated heterocycles. The van der Waals surface area contributed by atoms with Crippen molar-refractivity contribution in [1.29, 1.82) is 0 Å². The minimum absolute atomic E-state index is 0.133. The maximum Gasteiger partial charge on any atom is 0.223 e. The molecule has 30 heavy (non-hydrogen) atoms. The molecule has 0 bridgehead atoms. The normalized spacial score (nSPS) is 11.3. The molecular weight excluding hydrogens is 419 g/mol. The van der Waals surface area contributed by atoms with Gasteiger partial charge in [-0.3, -0.25) is 9.20 Å². The zero-order valence-corrected chi connectivity index (χ0v) is 17.4. The number of amides is 1. The molecule has 5 aromatic rings. The molecule has 0 saturated carbocycles. The zero-order valence-electron chi connectivity index (χ0n) is 15.8. The molecule has 1 N–H and O–H groups in total. The summed E-state index contributed by atoms with van der Waals surface area (Å²) in [6.45, 7) is 1.47. The average molecular weight is 435 g/mol. The van der Waals surface area contributed by atoms with Gasteiger partial charge in [-0.2, -0.15) is 0 Å². The summed E-state index contributed by atoms with van der Waals surface area (Å²) in [6.07, 6.45) is 3.85. The summed E-state index contributed by atoms with van der Waals surface area (Å²) >= 11 is 3.05. The van der Waals surface area contributed by atoms with Gasteiger partial charge >= 0.3 is 0 Å². The van der Waals surface area contributed by atoms with Crippen LogP contribution in [0.15, 0.2) is 76.9 Å². The van der Waals surface area contributed by atoms with Gasteiger partial charge in [0.1, 0.15) is 16.5 Å². The molecule has 0 aliphatic heterocycles. The van der Waals surface area contributed by atoms with E-state index in [1.165, 1.54) is 30.4 Å². The maximum atomic E-state index is 13.2. The number of carbonyl (C=O) groups is 1. The lowest BCUT2D eigenvalue weighted by Gasteiger charge is -2.06. The molecule has 0 aliphatic carbocycles. The van der Waals surface area contributed by atoms with Crippen LogP contribution in [0.5, 0.6) is 0 Å². The number of anilines is 1. The van der Waals surface area contributed by atoms with E-state index in [-0.39, 0.29) is 11.7 Å². The lowest BCUT2D eigenvalue weighted by Crippen LogP contribution is -2.04. The first kappa shape index (κ1) is 18.8. The zero-order chi connectivity index (χ0) is 20.7. The van der Waals surface area contributed by atoms with E-state index in [0.717, 1.165) is 36.9 Å². The number of hydrogen-bond donors (Lipinski definition) is 1. The van der Waals surface area contributed by atoms with Crippen LogP contribution in [0.4, 0.5) is 9.52 Å². The van der Waals surface area contributed by atoms with Crippen LogP contribution in [0.3, 0.4) is 0 Å². The van der Waals surface area contributed by atoms with Crippen LogP contribution in [-0.4, -0.2) is 20.3 Å². The number of nitrogens with zero attached hydrogens (tertiary/aromatic N) is 3. The largest absolute Gasteiger partial charge is 0.302 e. The van der Waals surface area contributed by atoms with E-state index in [1.54, 1.807) is 23.9 Å². The molecule has 148 valence electrons. The van der Waals surface area contributed by atoms with Gasteiger partial charge in [0, 0.05) is 18.0 Å². The van der Waals surface area contributed by atoms with Gasteiger partial charge in [-0.25, -0.2) is 14.4 Å². The SMILES string of the molecule is CC(=O)Nc1nc2ccc(Sc3cnc4ccc(-c5ccc(F)cc5)cn34)cc2s1. The summed E-state index contributed by atoms with van der Waals surface area (Å²) < 4.78 is 16.3. The molecule has 0 aliphatic rings. The van der Waals surface area contributed by atoms with Gasteiger partial charge in [-0.15, -0.1) is 0 Å². The molecule has 0 atom stereocenters. The van der Waals surface area contributed by atoms with Gasteiger partial charge in [-0.1, -0.05) is 35.2 Å². The Hall–Kier alpha value is -3.23. The van der Waals surface area contributed by atoms with Gasteiger partial charge < -0.3 is 5.32 Å².